The number of amides is 2. The number of anilines is 1. The summed E-state index contributed by atoms with van der Waals surface area (Å²) in [6.07, 6.45) is 0. The first-order valence-electron chi connectivity index (χ1n) is 8.59. The van der Waals surface area contributed by atoms with E-state index in [9.17, 15) is 14.0 Å². The average molecular weight is 364 g/mol. The van der Waals surface area contributed by atoms with E-state index in [1.54, 1.807) is 17.0 Å². The van der Waals surface area contributed by atoms with Crippen molar-refractivity contribution >= 4 is 17.5 Å². The van der Waals surface area contributed by atoms with Gasteiger partial charge >= 0.3 is 0 Å². The number of rotatable bonds is 4. The SMILES string of the molecule is O=C(Nc1ccccc1F)c1cc2n(n1)CCN(Cc1ccccc1)C2=O. The van der Waals surface area contributed by atoms with Crippen molar-refractivity contribution in [2.24, 2.45) is 0 Å². The minimum atomic E-state index is -0.551. The zero-order chi connectivity index (χ0) is 18.8. The fourth-order valence-electron chi connectivity index (χ4n) is 3.05. The maximum absolute atomic E-state index is 13.7. The summed E-state index contributed by atoms with van der Waals surface area (Å²) in [5.41, 5.74) is 1.56. The van der Waals surface area contributed by atoms with E-state index in [0.717, 1.165) is 5.56 Å². The van der Waals surface area contributed by atoms with Gasteiger partial charge in [-0.3, -0.25) is 14.3 Å². The quantitative estimate of drug-likeness (QED) is 0.774. The van der Waals surface area contributed by atoms with Gasteiger partial charge < -0.3 is 10.2 Å². The largest absolute Gasteiger partial charge is 0.331 e. The first kappa shape index (κ1) is 17.0. The molecule has 136 valence electrons. The maximum atomic E-state index is 13.7. The molecule has 0 saturated heterocycles. The molecule has 0 unspecified atom stereocenters. The van der Waals surface area contributed by atoms with Crippen LogP contribution in [0.15, 0.2) is 60.7 Å². The smallest absolute Gasteiger partial charge is 0.276 e. The van der Waals surface area contributed by atoms with Gasteiger partial charge in [0.2, 0.25) is 0 Å². The first-order valence-corrected chi connectivity index (χ1v) is 8.59. The Morgan fingerprint density at radius 2 is 1.81 bits per heavy atom. The molecule has 1 N–H and O–H groups in total. The van der Waals surface area contributed by atoms with E-state index in [4.69, 9.17) is 0 Å². The molecule has 0 spiro atoms. The fourth-order valence-corrected chi connectivity index (χ4v) is 3.05. The lowest BCUT2D eigenvalue weighted by Gasteiger charge is -2.27. The van der Waals surface area contributed by atoms with Crippen molar-refractivity contribution in [3.63, 3.8) is 0 Å². The van der Waals surface area contributed by atoms with Crippen LogP contribution >= 0.6 is 0 Å². The average Bonchev–Trinajstić information content (AvgIpc) is 3.12. The molecule has 0 bridgehead atoms. The van der Waals surface area contributed by atoms with Gasteiger partial charge in [0.15, 0.2) is 5.69 Å². The normalized spacial score (nSPS) is 13.4. The molecule has 1 aliphatic rings. The Morgan fingerprint density at radius 3 is 2.59 bits per heavy atom. The molecular formula is C20H17FN4O2. The summed E-state index contributed by atoms with van der Waals surface area (Å²) in [6, 6.07) is 17.1. The fraction of sp³-hybridized carbons (Fsp3) is 0.150. The summed E-state index contributed by atoms with van der Waals surface area (Å²) in [5, 5.41) is 6.69. The second kappa shape index (κ2) is 7.03. The number of carbonyl (C=O) groups excluding carboxylic acids is 2. The molecule has 27 heavy (non-hydrogen) atoms. The van der Waals surface area contributed by atoms with Crippen LogP contribution in [0.1, 0.15) is 26.5 Å². The molecule has 1 aliphatic heterocycles. The predicted octanol–water partition coefficient (Wildman–Crippen LogP) is 2.93. The van der Waals surface area contributed by atoms with Gasteiger partial charge in [-0.05, 0) is 17.7 Å². The third-order valence-electron chi connectivity index (χ3n) is 4.44. The minimum Gasteiger partial charge on any atom is -0.331 e. The van der Waals surface area contributed by atoms with Crippen LogP contribution in [-0.2, 0) is 13.1 Å². The number of nitrogens with zero attached hydrogens (tertiary/aromatic N) is 3. The highest BCUT2D eigenvalue weighted by Gasteiger charge is 2.28. The molecule has 0 atom stereocenters. The Morgan fingerprint density at radius 1 is 1.07 bits per heavy atom. The van der Waals surface area contributed by atoms with E-state index in [2.05, 4.69) is 10.4 Å². The van der Waals surface area contributed by atoms with Gasteiger partial charge in [-0.25, -0.2) is 4.39 Å². The molecule has 2 amide bonds. The number of fused-ring (bicyclic) bond motifs is 1. The minimum absolute atomic E-state index is 0.0745. The van der Waals surface area contributed by atoms with Crippen LogP contribution in [-0.4, -0.2) is 33.0 Å². The highest BCUT2D eigenvalue weighted by atomic mass is 19.1. The number of hydrogen-bond acceptors (Lipinski definition) is 3. The van der Waals surface area contributed by atoms with Crippen molar-refractivity contribution in [1.82, 2.24) is 14.7 Å². The molecule has 0 saturated carbocycles. The zero-order valence-electron chi connectivity index (χ0n) is 14.4. The Hall–Kier alpha value is -3.48. The standard InChI is InChI=1S/C20H17FN4O2/c21-15-8-4-5-9-16(15)22-19(26)17-12-18-20(27)24(10-11-25(18)23-17)13-14-6-2-1-3-7-14/h1-9,12H,10-11,13H2,(H,22,26). The molecule has 2 aromatic carbocycles. The highest BCUT2D eigenvalue weighted by Crippen LogP contribution is 2.18. The number of carbonyl (C=O) groups is 2. The second-order valence-corrected chi connectivity index (χ2v) is 6.28. The van der Waals surface area contributed by atoms with Crippen LogP contribution in [0, 0.1) is 5.82 Å². The van der Waals surface area contributed by atoms with Gasteiger partial charge in [-0.15, -0.1) is 0 Å². The second-order valence-electron chi connectivity index (χ2n) is 6.28. The molecular weight excluding hydrogens is 347 g/mol. The Bertz CT molecular complexity index is 1000. The Balaban J connectivity index is 1.52. The molecule has 6 nitrogen and oxygen atoms in total. The number of benzene rings is 2. The molecule has 2 heterocycles. The lowest BCUT2D eigenvalue weighted by molar-refractivity contribution is 0.0683. The van der Waals surface area contributed by atoms with Crippen molar-refractivity contribution in [2.45, 2.75) is 13.1 Å². The van der Waals surface area contributed by atoms with Crippen LogP contribution in [0.25, 0.3) is 0 Å². The molecule has 0 fully saturated rings. The van der Waals surface area contributed by atoms with Crippen LogP contribution in [0.2, 0.25) is 0 Å². The number of aromatic nitrogens is 2. The summed E-state index contributed by atoms with van der Waals surface area (Å²) in [6.45, 7) is 1.51. The van der Waals surface area contributed by atoms with E-state index < -0.39 is 11.7 Å². The summed E-state index contributed by atoms with van der Waals surface area (Å²) < 4.78 is 15.2. The topological polar surface area (TPSA) is 67.2 Å². The summed E-state index contributed by atoms with van der Waals surface area (Å²) in [5.74, 6) is -1.26. The molecule has 0 aliphatic carbocycles. The molecule has 3 aromatic rings. The van der Waals surface area contributed by atoms with Crippen molar-refractivity contribution in [3.8, 4) is 0 Å². The molecule has 7 heteroatoms. The van der Waals surface area contributed by atoms with Crippen LogP contribution < -0.4 is 5.32 Å². The molecule has 1 aromatic heterocycles. The number of nitrogens with one attached hydrogen (secondary N) is 1. The van der Waals surface area contributed by atoms with Crippen LogP contribution in [0.5, 0.6) is 0 Å². The Kier molecular flexibility index (Phi) is 4.42. The lowest BCUT2D eigenvalue weighted by Crippen LogP contribution is -2.39. The van der Waals surface area contributed by atoms with Gasteiger partial charge in [-0.1, -0.05) is 42.5 Å². The number of para-hydroxylation sites is 1. The van der Waals surface area contributed by atoms with E-state index in [1.165, 1.54) is 22.9 Å². The monoisotopic (exact) mass is 364 g/mol. The third-order valence-corrected chi connectivity index (χ3v) is 4.44. The van der Waals surface area contributed by atoms with Crippen molar-refractivity contribution in [3.05, 3.63) is 83.4 Å². The zero-order valence-corrected chi connectivity index (χ0v) is 14.4. The predicted molar refractivity (Wildman–Crippen MR) is 97.8 cm³/mol. The van der Waals surface area contributed by atoms with Gasteiger partial charge in [0.1, 0.15) is 11.5 Å². The Labute approximate surface area is 155 Å². The summed E-state index contributed by atoms with van der Waals surface area (Å²) in [7, 11) is 0. The summed E-state index contributed by atoms with van der Waals surface area (Å²) >= 11 is 0. The van der Waals surface area contributed by atoms with Gasteiger partial charge in [-0.2, -0.15) is 5.10 Å². The van der Waals surface area contributed by atoms with E-state index in [0.29, 0.717) is 25.3 Å². The molecule has 4 rings (SSSR count). The van der Waals surface area contributed by atoms with E-state index >= 15 is 0 Å². The van der Waals surface area contributed by atoms with Gasteiger partial charge in [0, 0.05) is 19.2 Å². The highest BCUT2D eigenvalue weighted by molar-refractivity contribution is 6.04. The molecule has 0 radical (unpaired) electrons. The van der Waals surface area contributed by atoms with Crippen molar-refractivity contribution < 1.29 is 14.0 Å². The van der Waals surface area contributed by atoms with Crippen molar-refractivity contribution in [1.29, 1.82) is 0 Å². The van der Waals surface area contributed by atoms with E-state index in [1.807, 2.05) is 30.3 Å². The van der Waals surface area contributed by atoms with E-state index in [-0.39, 0.29) is 17.3 Å². The lowest BCUT2D eigenvalue weighted by atomic mass is 10.2. The first-order chi connectivity index (χ1) is 13.1. The third kappa shape index (κ3) is 3.44. The van der Waals surface area contributed by atoms with Crippen molar-refractivity contribution in [2.75, 3.05) is 11.9 Å². The number of hydrogen-bond donors (Lipinski definition) is 1. The number of halogens is 1. The maximum Gasteiger partial charge on any atom is 0.276 e. The van der Waals surface area contributed by atoms with Gasteiger partial charge in [0.05, 0.1) is 12.2 Å². The van der Waals surface area contributed by atoms with Crippen LogP contribution in [0.3, 0.4) is 0 Å². The summed E-state index contributed by atoms with van der Waals surface area (Å²) in [4.78, 5) is 26.9. The van der Waals surface area contributed by atoms with Gasteiger partial charge in [0.25, 0.3) is 11.8 Å². The van der Waals surface area contributed by atoms with Crippen LogP contribution in [0.4, 0.5) is 10.1 Å².